The second kappa shape index (κ2) is 6.38. The lowest BCUT2D eigenvalue weighted by Crippen LogP contribution is -2.47. The van der Waals surface area contributed by atoms with E-state index in [0.717, 1.165) is 54.0 Å². The summed E-state index contributed by atoms with van der Waals surface area (Å²) < 4.78 is 28.9. The zero-order valence-electron chi connectivity index (χ0n) is 14.3. The first-order chi connectivity index (χ1) is 13.2. The van der Waals surface area contributed by atoms with Crippen LogP contribution in [0.2, 0.25) is 0 Å². The Morgan fingerprint density at radius 3 is 2.59 bits per heavy atom. The third kappa shape index (κ3) is 2.76. The third-order valence-electron chi connectivity index (χ3n) is 4.88. The van der Waals surface area contributed by atoms with Crippen molar-refractivity contribution in [3.05, 3.63) is 53.8 Å². The number of aromatic nitrogens is 3. The van der Waals surface area contributed by atoms with E-state index >= 15 is 0 Å². The van der Waals surface area contributed by atoms with Crippen molar-refractivity contribution in [2.75, 3.05) is 36.0 Å². The number of hydrogen-bond donors (Lipinski definition) is 0. The van der Waals surface area contributed by atoms with Gasteiger partial charge in [0.05, 0.1) is 10.2 Å². The highest BCUT2D eigenvalue weighted by Gasteiger charge is 2.22. The van der Waals surface area contributed by atoms with Crippen molar-refractivity contribution in [1.82, 2.24) is 15.0 Å². The summed E-state index contributed by atoms with van der Waals surface area (Å²) in [6.45, 7) is 3.00. The molecule has 136 valence electrons. The van der Waals surface area contributed by atoms with Gasteiger partial charge in [-0.3, -0.25) is 4.98 Å². The Morgan fingerprint density at radius 1 is 0.926 bits per heavy atom. The molecule has 1 fully saturated rings. The minimum absolute atomic E-state index is 0.201. The predicted octanol–water partition coefficient (Wildman–Crippen LogP) is 3.84. The highest BCUT2D eigenvalue weighted by Crippen LogP contribution is 2.31. The van der Waals surface area contributed by atoms with Gasteiger partial charge in [0, 0.05) is 49.5 Å². The van der Waals surface area contributed by atoms with E-state index < -0.39 is 11.6 Å². The van der Waals surface area contributed by atoms with Crippen LogP contribution >= 0.6 is 11.3 Å². The van der Waals surface area contributed by atoms with Crippen LogP contribution in [0.5, 0.6) is 0 Å². The molecule has 27 heavy (non-hydrogen) atoms. The van der Waals surface area contributed by atoms with Gasteiger partial charge < -0.3 is 9.80 Å². The molecule has 0 aliphatic carbocycles. The van der Waals surface area contributed by atoms with Crippen molar-refractivity contribution in [2.45, 2.75) is 0 Å². The summed E-state index contributed by atoms with van der Waals surface area (Å²) in [6, 6.07) is 6.04. The fraction of sp³-hybridized carbons (Fsp3) is 0.211. The van der Waals surface area contributed by atoms with Crippen molar-refractivity contribution in [2.24, 2.45) is 0 Å². The van der Waals surface area contributed by atoms with Gasteiger partial charge in [-0.05, 0) is 23.6 Å². The molecule has 5 rings (SSSR count). The first kappa shape index (κ1) is 16.3. The molecule has 0 saturated carbocycles. The van der Waals surface area contributed by atoms with Crippen molar-refractivity contribution in [1.29, 1.82) is 0 Å². The highest BCUT2D eigenvalue weighted by atomic mass is 32.1. The quantitative estimate of drug-likeness (QED) is 0.526. The number of thiophene rings is 1. The summed E-state index contributed by atoms with van der Waals surface area (Å²) in [6.07, 6.45) is 3.17. The molecule has 0 amide bonds. The average molecular weight is 383 g/mol. The molecule has 5 nitrogen and oxygen atoms in total. The van der Waals surface area contributed by atoms with Crippen LogP contribution in [0.15, 0.2) is 42.2 Å². The molecule has 0 radical (unpaired) electrons. The molecule has 0 bridgehead atoms. The molecule has 0 spiro atoms. The van der Waals surface area contributed by atoms with Gasteiger partial charge in [-0.25, -0.2) is 18.7 Å². The Kier molecular flexibility index (Phi) is 3.86. The maximum Gasteiger partial charge on any atom is 0.152 e. The number of piperazine rings is 1. The van der Waals surface area contributed by atoms with E-state index in [1.807, 2.05) is 17.5 Å². The Labute approximate surface area is 157 Å². The van der Waals surface area contributed by atoms with E-state index in [4.69, 9.17) is 0 Å². The smallest absolute Gasteiger partial charge is 0.152 e. The normalized spacial score (nSPS) is 15.0. The monoisotopic (exact) mass is 383 g/mol. The maximum absolute atomic E-state index is 14.1. The molecular formula is C19H15F2N5S. The van der Waals surface area contributed by atoms with E-state index in [0.29, 0.717) is 5.39 Å². The molecule has 3 aromatic heterocycles. The van der Waals surface area contributed by atoms with Crippen LogP contribution in [0.1, 0.15) is 0 Å². The minimum atomic E-state index is -0.633. The second-order valence-corrected chi connectivity index (χ2v) is 7.34. The lowest BCUT2D eigenvalue weighted by Gasteiger charge is -2.37. The molecular weight excluding hydrogens is 368 g/mol. The molecule has 1 saturated heterocycles. The van der Waals surface area contributed by atoms with E-state index in [1.54, 1.807) is 23.9 Å². The van der Waals surface area contributed by atoms with Gasteiger partial charge in [-0.15, -0.1) is 11.3 Å². The van der Waals surface area contributed by atoms with Crippen LogP contribution in [-0.2, 0) is 0 Å². The van der Waals surface area contributed by atoms with Crippen molar-refractivity contribution < 1.29 is 8.78 Å². The lowest BCUT2D eigenvalue weighted by atomic mass is 10.1. The van der Waals surface area contributed by atoms with Crippen LogP contribution in [0.3, 0.4) is 0 Å². The van der Waals surface area contributed by atoms with E-state index in [2.05, 4.69) is 24.8 Å². The number of fused-ring (bicyclic) bond motifs is 2. The number of anilines is 2. The molecule has 0 N–H and O–H groups in total. The van der Waals surface area contributed by atoms with Crippen molar-refractivity contribution in [3.8, 4) is 0 Å². The second-order valence-electron chi connectivity index (χ2n) is 6.42. The zero-order chi connectivity index (χ0) is 18.4. The number of rotatable bonds is 2. The molecule has 1 aliphatic heterocycles. The number of benzene rings is 1. The van der Waals surface area contributed by atoms with Gasteiger partial charge in [0.1, 0.15) is 23.5 Å². The number of nitrogens with zero attached hydrogens (tertiary/aromatic N) is 5. The maximum atomic E-state index is 14.1. The summed E-state index contributed by atoms with van der Waals surface area (Å²) in [5.74, 6) is -0.271. The SMILES string of the molecule is Fc1cc(F)c2nccc(N3CCN(c4ncnc5ccsc45)CC3)c2c1. The van der Waals surface area contributed by atoms with Crippen LogP contribution < -0.4 is 9.80 Å². The van der Waals surface area contributed by atoms with Crippen LogP contribution in [0.25, 0.3) is 21.1 Å². The van der Waals surface area contributed by atoms with Gasteiger partial charge in [-0.1, -0.05) is 0 Å². The topological polar surface area (TPSA) is 45.2 Å². The number of hydrogen-bond acceptors (Lipinski definition) is 6. The number of halogens is 2. The predicted molar refractivity (Wildman–Crippen MR) is 104 cm³/mol. The molecule has 0 unspecified atom stereocenters. The van der Waals surface area contributed by atoms with Gasteiger partial charge in [0.2, 0.25) is 0 Å². The third-order valence-corrected chi connectivity index (χ3v) is 5.78. The van der Waals surface area contributed by atoms with Crippen LogP contribution in [0, 0.1) is 11.6 Å². The fourth-order valence-corrected chi connectivity index (χ4v) is 4.46. The summed E-state index contributed by atoms with van der Waals surface area (Å²) in [5.41, 5.74) is 1.97. The van der Waals surface area contributed by atoms with Gasteiger partial charge in [0.25, 0.3) is 0 Å². The summed E-state index contributed by atoms with van der Waals surface area (Å²) in [4.78, 5) is 17.2. The Balaban J connectivity index is 1.44. The lowest BCUT2D eigenvalue weighted by molar-refractivity contribution is 0.590. The van der Waals surface area contributed by atoms with E-state index in [1.165, 1.54) is 6.07 Å². The van der Waals surface area contributed by atoms with Crippen LogP contribution in [-0.4, -0.2) is 41.1 Å². The zero-order valence-corrected chi connectivity index (χ0v) is 15.1. The summed E-state index contributed by atoms with van der Waals surface area (Å²) in [5, 5.41) is 2.52. The van der Waals surface area contributed by atoms with E-state index in [-0.39, 0.29) is 5.52 Å². The average Bonchev–Trinajstić information content (AvgIpc) is 3.17. The number of pyridine rings is 1. The van der Waals surface area contributed by atoms with Crippen molar-refractivity contribution in [3.63, 3.8) is 0 Å². The Hall–Kier alpha value is -2.87. The molecule has 4 heterocycles. The first-order valence-electron chi connectivity index (χ1n) is 8.62. The molecule has 0 atom stereocenters. The summed E-state index contributed by atoms with van der Waals surface area (Å²) >= 11 is 1.64. The van der Waals surface area contributed by atoms with Crippen molar-refractivity contribution >= 4 is 44.0 Å². The molecule has 8 heteroatoms. The Morgan fingerprint density at radius 2 is 1.74 bits per heavy atom. The largest absolute Gasteiger partial charge is 0.367 e. The van der Waals surface area contributed by atoms with Crippen LogP contribution in [0.4, 0.5) is 20.3 Å². The van der Waals surface area contributed by atoms with Gasteiger partial charge in [0.15, 0.2) is 5.82 Å². The first-order valence-corrected chi connectivity index (χ1v) is 9.50. The van der Waals surface area contributed by atoms with Gasteiger partial charge in [-0.2, -0.15) is 0 Å². The Bertz CT molecular complexity index is 1140. The molecule has 1 aliphatic rings. The molecule has 1 aromatic carbocycles. The minimum Gasteiger partial charge on any atom is -0.367 e. The van der Waals surface area contributed by atoms with Gasteiger partial charge >= 0.3 is 0 Å². The molecule has 4 aromatic rings. The standard InChI is InChI=1S/C19H15F2N5S/c20-12-9-13-16(1-3-22-17(13)14(21)10-12)25-4-6-26(7-5-25)19-18-15(2-8-27-18)23-11-24-19/h1-3,8-11H,4-7H2. The van der Waals surface area contributed by atoms with E-state index in [9.17, 15) is 8.78 Å². The summed E-state index contributed by atoms with van der Waals surface area (Å²) in [7, 11) is 0. The highest BCUT2D eigenvalue weighted by molar-refractivity contribution is 7.17. The fourth-order valence-electron chi connectivity index (χ4n) is 3.60.